The highest BCUT2D eigenvalue weighted by Gasteiger charge is 2.24. The zero-order chi connectivity index (χ0) is 23.8. The Hall–Kier alpha value is -2.61. The zero-order valence-electron chi connectivity index (χ0n) is 20.7. The van der Waals surface area contributed by atoms with Crippen molar-refractivity contribution in [2.75, 3.05) is 38.7 Å². The number of aryl methyl sites for hydroxylation is 1. The maximum Gasteiger partial charge on any atom is 0.272 e. The van der Waals surface area contributed by atoms with Gasteiger partial charge in [-0.05, 0) is 45.4 Å². The average Bonchev–Trinajstić information content (AvgIpc) is 3.17. The van der Waals surface area contributed by atoms with E-state index in [0.29, 0.717) is 50.2 Å². The van der Waals surface area contributed by atoms with Crippen LogP contribution < -0.4 is 15.4 Å². The first-order valence-electron chi connectivity index (χ1n) is 12.2. The molecule has 2 aromatic heterocycles. The number of carbonyl (C=O) groups is 1. The van der Waals surface area contributed by atoms with Crippen LogP contribution in [0.4, 0.5) is 5.82 Å². The molecule has 0 bridgehead atoms. The van der Waals surface area contributed by atoms with Crippen LogP contribution >= 0.6 is 0 Å². The Morgan fingerprint density at radius 1 is 1.24 bits per heavy atom. The molecule has 2 N–H and O–H groups in total. The first-order chi connectivity index (χ1) is 16.0. The summed E-state index contributed by atoms with van der Waals surface area (Å²) >= 11 is 0. The zero-order valence-corrected chi connectivity index (χ0v) is 20.7. The molecule has 0 aromatic carbocycles. The Bertz CT molecular complexity index is 919. The van der Waals surface area contributed by atoms with Crippen molar-refractivity contribution in [1.82, 2.24) is 20.1 Å². The SMILES string of the molecule is CCOCCNc1cc(OC)c(-c2c(C)c(C(=O)NCC3CCC(C)CC3)nn2CC)cn1. The minimum absolute atomic E-state index is 0.110. The summed E-state index contributed by atoms with van der Waals surface area (Å²) in [6, 6.07) is 1.87. The maximum absolute atomic E-state index is 13.0. The van der Waals surface area contributed by atoms with E-state index in [0.717, 1.165) is 28.6 Å². The molecular formula is C25H39N5O3. The van der Waals surface area contributed by atoms with Gasteiger partial charge in [-0.25, -0.2) is 4.98 Å². The second-order valence-corrected chi connectivity index (χ2v) is 8.87. The van der Waals surface area contributed by atoms with Gasteiger partial charge in [0.2, 0.25) is 0 Å². The van der Waals surface area contributed by atoms with Crippen LogP contribution in [-0.2, 0) is 11.3 Å². The molecule has 1 aliphatic rings. The number of pyridine rings is 1. The molecule has 33 heavy (non-hydrogen) atoms. The number of aromatic nitrogens is 3. The van der Waals surface area contributed by atoms with Crippen LogP contribution in [-0.4, -0.2) is 54.1 Å². The summed E-state index contributed by atoms with van der Waals surface area (Å²) in [4.78, 5) is 17.6. The van der Waals surface area contributed by atoms with Crippen molar-refractivity contribution in [3.8, 4) is 17.0 Å². The second-order valence-electron chi connectivity index (χ2n) is 8.87. The van der Waals surface area contributed by atoms with Crippen LogP contribution in [0.25, 0.3) is 11.3 Å². The molecule has 182 valence electrons. The van der Waals surface area contributed by atoms with Gasteiger partial charge in [0.1, 0.15) is 11.6 Å². The molecule has 1 fully saturated rings. The quantitative estimate of drug-likeness (QED) is 0.489. The van der Waals surface area contributed by atoms with Crippen LogP contribution in [0.1, 0.15) is 62.5 Å². The van der Waals surface area contributed by atoms with Gasteiger partial charge in [-0.2, -0.15) is 5.10 Å². The van der Waals surface area contributed by atoms with E-state index in [2.05, 4.69) is 27.6 Å². The van der Waals surface area contributed by atoms with Crippen LogP contribution in [0, 0.1) is 18.8 Å². The lowest BCUT2D eigenvalue weighted by Crippen LogP contribution is -2.31. The number of ether oxygens (including phenoxy) is 2. The third-order valence-electron chi connectivity index (χ3n) is 6.49. The highest BCUT2D eigenvalue weighted by atomic mass is 16.5. The Kier molecular flexibility index (Phi) is 9.11. The Balaban J connectivity index is 1.77. The van der Waals surface area contributed by atoms with Crippen LogP contribution in [0.15, 0.2) is 12.3 Å². The number of anilines is 1. The number of rotatable bonds is 11. The summed E-state index contributed by atoms with van der Waals surface area (Å²) < 4.78 is 12.9. The monoisotopic (exact) mass is 457 g/mol. The van der Waals surface area contributed by atoms with Crippen LogP contribution in [0.2, 0.25) is 0 Å². The predicted octanol–water partition coefficient (Wildman–Crippen LogP) is 4.29. The first-order valence-corrected chi connectivity index (χ1v) is 12.2. The van der Waals surface area contributed by atoms with Gasteiger partial charge in [0.05, 0.1) is 25.0 Å². The molecule has 0 atom stereocenters. The van der Waals surface area contributed by atoms with Crippen molar-refractivity contribution in [3.63, 3.8) is 0 Å². The van der Waals surface area contributed by atoms with E-state index in [1.54, 1.807) is 13.3 Å². The molecule has 2 aromatic rings. The lowest BCUT2D eigenvalue weighted by atomic mass is 9.83. The highest BCUT2D eigenvalue weighted by molar-refractivity contribution is 5.95. The number of nitrogens with one attached hydrogen (secondary N) is 2. The Morgan fingerprint density at radius 3 is 2.67 bits per heavy atom. The van der Waals surface area contributed by atoms with Crippen molar-refractivity contribution in [3.05, 3.63) is 23.5 Å². The number of hydrogen-bond donors (Lipinski definition) is 2. The fraction of sp³-hybridized carbons (Fsp3) is 0.640. The fourth-order valence-electron chi connectivity index (χ4n) is 4.47. The third-order valence-corrected chi connectivity index (χ3v) is 6.49. The number of nitrogens with zero attached hydrogens (tertiary/aromatic N) is 3. The molecule has 3 rings (SSSR count). The van der Waals surface area contributed by atoms with Crippen LogP contribution in [0.3, 0.4) is 0 Å². The molecule has 8 nitrogen and oxygen atoms in total. The lowest BCUT2D eigenvalue weighted by Gasteiger charge is -2.26. The number of carbonyl (C=O) groups excluding carboxylic acids is 1. The lowest BCUT2D eigenvalue weighted by molar-refractivity contribution is 0.0935. The summed E-state index contributed by atoms with van der Waals surface area (Å²) in [5.41, 5.74) is 2.99. The number of hydrogen-bond acceptors (Lipinski definition) is 6. The minimum atomic E-state index is -0.110. The van der Waals surface area contributed by atoms with Gasteiger partial charge in [0.15, 0.2) is 5.69 Å². The molecule has 0 spiro atoms. The largest absolute Gasteiger partial charge is 0.496 e. The van der Waals surface area contributed by atoms with Crippen molar-refractivity contribution < 1.29 is 14.3 Å². The molecule has 1 saturated carbocycles. The van der Waals surface area contributed by atoms with Crippen molar-refractivity contribution in [2.45, 2.75) is 59.9 Å². The van der Waals surface area contributed by atoms with E-state index >= 15 is 0 Å². The molecule has 0 radical (unpaired) electrons. The van der Waals surface area contributed by atoms with Gasteiger partial charge >= 0.3 is 0 Å². The number of amides is 1. The van der Waals surface area contributed by atoms with Crippen molar-refractivity contribution in [2.24, 2.45) is 11.8 Å². The average molecular weight is 458 g/mol. The minimum Gasteiger partial charge on any atom is -0.496 e. The molecule has 1 amide bonds. The fourth-order valence-corrected chi connectivity index (χ4v) is 4.47. The molecular weight excluding hydrogens is 418 g/mol. The summed E-state index contributed by atoms with van der Waals surface area (Å²) in [7, 11) is 1.64. The topological polar surface area (TPSA) is 90.3 Å². The van der Waals surface area contributed by atoms with E-state index in [1.807, 2.05) is 31.5 Å². The first kappa shape index (κ1) is 25.0. The molecule has 1 aliphatic carbocycles. The number of methoxy groups -OCH3 is 1. The van der Waals surface area contributed by atoms with Gasteiger partial charge in [-0.15, -0.1) is 0 Å². The van der Waals surface area contributed by atoms with Gasteiger partial charge < -0.3 is 20.1 Å². The third kappa shape index (κ3) is 6.25. The van der Waals surface area contributed by atoms with E-state index in [9.17, 15) is 4.79 Å². The van der Waals surface area contributed by atoms with Gasteiger partial charge in [0.25, 0.3) is 5.91 Å². The summed E-state index contributed by atoms with van der Waals surface area (Å²) in [5.74, 6) is 2.66. The van der Waals surface area contributed by atoms with Gasteiger partial charge in [-0.1, -0.05) is 19.8 Å². The molecule has 2 heterocycles. The summed E-state index contributed by atoms with van der Waals surface area (Å²) in [5, 5.41) is 11.0. The maximum atomic E-state index is 13.0. The van der Waals surface area contributed by atoms with E-state index in [4.69, 9.17) is 9.47 Å². The summed E-state index contributed by atoms with van der Waals surface area (Å²) in [6.45, 7) is 11.6. The van der Waals surface area contributed by atoms with E-state index in [1.165, 1.54) is 25.7 Å². The smallest absolute Gasteiger partial charge is 0.272 e. The normalized spacial score (nSPS) is 18.2. The Labute approximate surface area is 197 Å². The molecule has 0 saturated heterocycles. The predicted molar refractivity (Wildman–Crippen MR) is 131 cm³/mol. The molecule has 8 heteroatoms. The Morgan fingerprint density at radius 2 is 2.00 bits per heavy atom. The summed E-state index contributed by atoms with van der Waals surface area (Å²) in [6.07, 6.45) is 6.64. The van der Waals surface area contributed by atoms with Crippen molar-refractivity contribution >= 4 is 11.7 Å². The van der Waals surface area contributed by atoms with Gasteiger partial charge in [-0.3, -0.25) is 9.48 Å². The standard InChI is InChI=1S/C25H39N5O3/c1-6-30-24(20-16-27-22(14-21(20)32-5)26-12-13-33-7-2)18(4)23(29-30)25(31)28-15-19-10-8-17(3)9-11-19/h14,16-17,19H,6-13,15H2,1-5H3,(H,26,27)(H,28,31). The van der Waals surface area contributed by atoms with E-state index < -0.39 is 0 Å². The highest BCUT2D eigenvalue weighted by Crippen LogP contribution is 2.34. The van der Waals surface area contributed by atoms with Gasteiger partial charge in [0, 0.05) is 44.1 Å². The second kappa shape index (κ2) is 12.0. The van der Waals surface area contributed by atoms with Crippen molar-refractivity contribution in [1.29, 1.82) is 0 Å². The molecule has 0 aliphatic heterocycles. The van der Waals surface area contributed by atoms with E-state index in [-0.39, 0.29) is 5.91 Å². The molecule has 0 unspecified atom stereocenters. The van der Waals surface area contributed by atoms with Crippen LogP contribution in [0.5, 0.6) is 5.75 Å².